The largest absolute Gasteiger partial charge is 0.384 e. The van der Waals surface area contributed by atoms with Crippen LogP contribution < -0.4 is 5.73 Å². The number of aromatic nitrogens is 2. The van der Waals surface area contributed by atoms with Crippen LogP contribution in [0.2, 0.25) is 0 Å². The number of nitrogens with one attached hydrogen (secondary N) is 1. The molecular weight excluding hydrogens is 320 g/mol. The Morgan fingerprint density at radius 1 is 1.08 bits per heavy atom. The number of benzene rings is 2. The van der Waals surface area contributed by atoms with Crippen LogP contribution in [0.25, 0.3) is 0 Å². The molecule has 0 radical (unpaired) electrons. The topological polar surface area (TPSA) is 67.7 Å². The van der Waals surface area contributed by atoms with E-state index in [1.807, 2.05) is 36.7 Å². The zero-order valence-corrected chi connectivity index (χ0v) is 15.7. The highest BCUT2D eigenvalue weighted by Gasteiger charge is 2.13. The summed E-state index contributed by atoms with van der Waals surface area (Å²) in [6.45, 7) is 7.40. The van der Waals surface area contributed by atoms with Gasteiger partial charge in [0.25, 0.3) is 0 Å². The number of hydrogen-bond donors (Lipinski definition) is 2. The van der Waals surface area contributed by atoms with E-state index in [0.29, 0.717) is 0 Å². The summed E-state index contributed by atoms with van der Waals surface area (Å²) in [6.07, 6.45) is 4.64. The molecule has 0 amide bonds. The van der Waals surface area contributed by atoms with Crippen molar-refractivity contribution in [1.82, 2.24) is 9.55 Å². The molecule has 134 valence electrons. The molecule has 0 fully saturated rings. The van der Waals surface area contributed by atoms with Gasteiger partial charge in [0.05, 0.1) is 0 Å². The Hall–Kier alpha value is -2.88. The van der Waals surface area contributed by atoms with Crippen molar-refractivity contribution < 1.29 is 0 Å². The third-order valence-electron chi connectivity index (χ3n) is 4.57. The Labute approximate surface area is 155 Å². The van der Waals surface area contributed by atoms with Gasteiger partial charge < -0.3 is 10.3 Å². The lowest BCUT2D eigenvalue weighted by atomic mass is 9.86. The van der Waals surface area contributed by atoms with Crippen molar-refractivity contribution in [2.24, 2.45) is 5.73 Å². The molecule has 26 heavy (non-hydrogen) atoms. The third-order valence-corrected chi connectivity index (χ3v) is 4.57. The van der Waals surface area contributed by atoms with Crippen molar-refractivity contribution in [2.45, 2.75) is 39.2 Å². The van der Waals surface area contributed by atoms with Crippen LogP contribution in [-0.4, -0.2) is 15.4 Å². The molecule has 4 heteroatoms. The summed E-state index contributed by atoms with van der Waals surface area (Å²) < 4.78 is 2.15. The van der Waals surface area contributed by atoms with Crippen LogP contribution in [0, 0.1) is 5.41 Å². The van der Waals surface area contributed by atoms with Gasteiger partial charge in [-0.15, -0.1) is 0 Å². The molecular formula is C22H26N4. The normalized spacial score (nSPS) is 11.5. The molecule has 0 saturated heterocycles. The molecule has 0 saturated carbocycles. The predicted octanol–water partition coefficient (Wildman–Crippen LogP) is 4.10. The summed E-state index contributed by atoms with van der Waals surface area (Å²) in [7, 11) is 0. The molecule has 2 aromatic carbocycles. The van der Waals surface area contributed by atoms with E-state index < -0.39 is 0 Å². The van der Waals surface area contributed by atoms with Crippen LogP contribution in [0.4, 0.5) is 0 Å². The van der Waals surface area contributed by atoms with E-state index in [-0.39, 0.29) is 11.3 Å². The fraction of sp³-hybridized carbons (Fsp3) is 0.273. The number of nitrogens with zero attached hydrogens (tertiary/aromatic N) is 2. The van der Waals surface area contributed by atoms with Gasteiger partial charge in [0.1, 0.15) is 11.7 Å². The maximum Gasteiger partial charge on any atom is 0.122 e. The number of amidine groups is 1. The van der Waals surface area contributed by atoms with Crippen molar-refractivity contribution in [2.75, 3.05) is 0 Å². The van der Waals surface area contributed by atoms with Gasteiger partial charge in [-0.3, -0.25) is 5.41 Å². The lowest BCUT2D eigenvalue weighted by molar-refractivity contribution is 0.590. The Morgan fingerprint density at radius 2 is 1.81 bits per heavy atom. The molecule has 3 N–H and O–H groups in total. The minimum atomic E-state index is 0.0941. The van der Waals surface area contributed by atoms with Gasteiger partial charge in [-0.2, -0.15) is 0 Å². The lowest BCUT2D eigenvalue weighted by Crippen LogP contribution is -2.12. The second-order valence-electron chi connectivity index (χ2n) is 7.71. The lowest BCUT2D eigenvalue weighted by Gasteiger charge is -2.19. The SMILES string of the molecule is CC(C)(C)c1ccc(Cc2nccn2Cc2cccc(C(=N)N)c2)cc1. The van der Waals surface area contributed by atoms with E-state index in [9.17, 15) is 0 Å². The Kier molecular flexibility index (Phi) is 4.94. The van der Waals surface area contributed by atoms with E-state index in [4.69, 9.17) is 11.1 Å². The van der Waals surface area contributed by atoms with Gasteiger partial charge in [-0.05, 0) is 28.2 Å². The van der Waals surface area contributed by atoms with Gasteiger partial charge in [-0.1, -0.05) is 63.2 Å². The third kappa shape index (κ3) is 4.20. The van der Waals surface area contributed by atoms with Crippen LogP contribution in [0.1, 0.15) is 48.8 Å². The molecule has 1 heterocycles. The average Bonchev–Trinajstić information content (AvgIpc) is 3.01. The molecule has 0 aliphatic heterocycles. The summed E-state index contributed by atoms with van der Waals surface area (Å²) >= 11 is 0. The first-order valence-electron chi connectivity index (χ1n) is 8.86. The second kappa shape index (κ2) is 7.16. The number of imidazole rings is 1. The standard InChI is InChI=1S/C22H26N4/c1-22(2,3)19-9-7-16(8-10-19)14-20-25-11-12-26(20)15-17-5-4-6-18(13-17)21(23)24/h4-13H,14-15H2,1-3H3,(H3,23,24). The van der Waals surface area contributed by atoms with Gasteiger partial charge in [0, 0.05) is 30.9 Å². The summed E-state index contributed by atoms with van der Waals surface area (Å²) in [6, 6.07) is 16.6. The van der Waals surface area contributed by atoms with E-state index in [0.717, 1.165) is 29.9 Å². The van der Waals surface area contributed by atoms with Gasteiger partial charge >= 0.3 is 0 Å². The number of rotatable bonds is 5. The minimum absolute atomic E-state index is 0.0941. The summed E-state index contributed by atoms with van der Waals surface area (Å²) in [5.74, 6) is 1.12. The average molecular weight is 346 g/mol. The summed E-state index contributed by atoms with van der Waals surface area (Å²) in [5, 5.41) is 7.59. The van der Waals surface area contributed by atoms with Crippen LogP contribution >= 0.6 is 0 Å². The quantitative estimate of drug-likeness (QED) is 0.539. The van der Waals surface area contributed by atoms with Crippen LogP contribution in [0.3, 0.4) is 0 Å². The Balaban J connectivity index is 1.77. The molecule has 0 aliphatic rings. The van der Waals surface area contributed by atoms with E-state index in [1.165, 1.54) is 11.1 Å². The van der Waals surface area contributed by atoms with E-state index >= 15 is 0 Å². The highest BCUT2D eigenvalue weighted by Crippen LogP contribution is 2.23. The molecule has 0 spiro atoms. The number of hydrogen-bond acceptors (Lipinski definition) is 2. The molecule has 1 aromatic heterocycles. The smallest absolute Gasteiger partial charge is 0.122 e. The Bertz CT molecular complexity index is 898. The fourth-order valence-electron chi connectivity index (χ4n) is 2.99. The molecule has 3 aromatic rings. The van der Waals surface area contributed by atoms with Gasteiger partial charge in [0.2, 0.25) is 0 Å². The highest BCUT2D eigenvalue weighted by atomic mass is 15.1. The number of nitrogens with two attached hydrogens (primary N) is 1. The molecule has 0 unspecified atom stereocenters. The molecule has 3 rings (SSSR count). The number of nitrogen functional groups attached to an aromatic ring is 1. The van der Waals surface area contributed by atoms with Crippen LogP contribution in [0.5, 0.6) is 0 Å². The minimum Gasteiger partial charge on any atom is -0.384 e. The molecule has 0 atom stereocenters. The maximum absolute atomic E-state index is 7.59. The highest BCUT2D eigenvalue weighted by molar-refractivity contribution is 5.95. The first kappa shape index (κ1) is 17.9. The Morgan fingerprint density at radius 3 is 2.46 bits per heavy atom. The van der Waals surface area contributed by atoms with E-state index in [2.05, 4.69) is 54.6 Å². The van der Waals surface area contributed by atoms with Crippen LogP contribution in [-0.2, 0) is 18.4 Å². The zero-order chi connectivity index (χ0) is 18.7. The predicted molar refractivity (Wildman–Crippen MR) is 107 cm³/mol. The van der Waals surface area contributed by atoms with E-state index in [1.54, 1.807) is 0 Å². The van der Waals surface area contributed by atoms with Crippen molar-refractivity contribution >= 4 is 5.84 Å². The summed E-state index contributed by atoms with van der Waals surface area (Å²) in [4.78, 5) is 4.53. The van der Waals surface area contributed by atoms with Gasteiger partial charge in [-0.25, -0.2) is 4.98 Å². The molecule has 0 bridgehead atoms. The first-order valence-corrected chi connectivity index (χ1v) is 8.86. The zero-order valence-electron chi connectivity index (χ0n) is 15.7. The maximum atomic E-state index is 7.59. The fourth-order valence-corrected chi connectivity index (χ4v) is 2.99. The van der Waals surface area contributed by atoms with Crippen molar-refractivity contribution in [3.8, 4) is 0 Å². The summed E-state index contributed by atoms with van der Waals surface area (Å²) in [5.41, 5.74) is 10.2. The first-order chi connectivity index (χ1) is 12.3. The van der Waals surface area contributed by atoms with Crippen molar-refractivity contribution in [3.63, 3.8) is 0 Å². The monoisotopic (exact) mass is 346 g/mol. The second-order valence-corrected chi connectivity index (χ2v) is 7.71. The molecule has 0 aliphatic carbocycles. The van der Waals surface area contributed by atoms with Crippen LogP contribution in [0.15, 0.2) is 60.9 Å². The van der Waals surface area contributed by atoms with Crippen molar-refractivity contribution in [3.05, 3.63) is 89.0 Å². The van der Waals surface area contributed by atoms with Gasteiger partial charge in [0.15, 0.2) is 0 Å². The van der Waals surface area contributed by atoms with Crippen molar-refractivity contribution in [1.29, 1.82) is 5.41 Å². The molecule has 4 nitrogen and oxygen atoms in total.